The van der Waals surface area contributed by atoms with Crippen LogP contribution in [0, 0.1) is 0 Å². The Morgan fingerprint density at radius 1 is 0.600 bits per heavy atom. The number of hydrogen-bond acceptors (Lipinski definition) is 4. The Morgan fingerprint density at radius 3 is 1.63 bits per heavy atom. The Bertz CT molecular complexity index is 1320. The van der Waals surface area contributed by atoms with Crippen LogP contribution in [-0.2, 0) is 0 Å². The van der Waals surface area contributed by atoms with Gasteiger partial charge in [-0.05, 0) is 83.4 Å². The second-order valence-corrected chi connectivity index (χ2v) is 8.13. The molecule has 0 bridgehead atoms. The second-order valence-electron chi connectivity index (χ2n) is 7.37. The van der Waals surface area contributed by atoms with Gasteiger partial charge in [-0.2, -0.15) is 0 Å². The highest BCUT2D eigenvalue weighted by molar-refractivity contribution is 6.45. The van der Waals surface area contributed by atoms with Crippen molar-refractivity contribution in [3.8, 4) is 22.6 Å². The van der Waals surface area contributed by atoms with Crippen LogP contribution < -0.4 is 9.47 Å². The van der Waals surface area contributed by atoms with E-state index in [1.54, 1.807) is 20.4 Å². The summed E-state index contributed by atoms with van der Waals surface area (Å²) in [4.78, 5) is 9.03. The van der Waals surface area contributed by atoms with Crippen molar-refractivity contribution in [1.82, 2.24) is 0 Å². The standard InChI is InChI=1S/C28H22Cl2N2O2.FH/c1-33-23-11-3-19(4-12-23)17-31-22-9-7-21(8-10-22)25-15-16-26(28(30)27(25)29)32-18-20-5-13-24(34-2)14-6-20;/h3-18H,1-2H3;1H. The maximum Gasteiger partial charge on any atom is 0.118 e. The van der Waals surface area contributed by atoms with Gasteiger partial charge in [-0.1, -0.05) is 41.4 Å². The molecule has 7 heteroatoms. The molecule has 0 saturated heterocycles. The molecule has 0 aliphatic carbocycles. The normalized spacial score (nSPS) is 11.0. The summed E-state index contributed by atoms with van der Waals surface area (Å²) in [7, 11) is 3.28. The van der Waals surface area contributed by atoms with E-state index in [1.807, 2.05) is 91.1 Å². The summed E-state index contributed by atoms with van der Waals surface area (Å²) >= 11 is 13.1. The maximum atomic E-state index is 6.60. The Morgan fingerprint density at radius 2 is 1.11 bits per heavy atom. The number of halogens is 3. The van der Waals surface area contributed by atoms with Crippen LogP contribution in [0.15, 0.2) is 94.9 Å². The van der Waals surface area contributed by atoms with Crippen LogP contribution in [0.3, 0.4) is 0 Å². The van der Waals surface area contributed by atoms with Gasteiger partial charge in [0.05, 0.1) is 35.6 Å². The summed E-state index contributed by atoms with van der Waals surface area (Å²) in [5, 5.41) is 0.867. The lowest BCUT2D eigenvalue weighted by Crippen LogP contribution is -1.85. The lowest BCUT2D eigenvalue weighted by Gasteiger charge is -2.09. The van der Waals surface area contributed by atoms with E-state index in [0.29, 0.717) is 15.7 Å². The minimum atomic E-state index is 0. The predicted molar refractivity (Wildman–Crippen MR) is 145 cm³/mol. The van der Waals surface area contributed by atoms with Gasteiger partial charge in [-0.15, -0.1) is 0 Å². The largest absolute Gasteiger partial charge is 0.497 e. The van der Waals surface area contributed by atoms with Crippen LogP contribution in [0.1, 0.15) is 11.1 Å². The van der Waals surface area contributed by atoms with Crippen LogP contribution in [0.4, 0.5) is 16.1 Å². The molecule has 0 N–H and O–H groups in total. The summed E-state index contributed by atoms with van der Waals surface area (Å²) in [5.41, 5.74) is 5.14. The van der Waals surface area contributed by atoms with Crippen molar-refractivity contribution in [3.63, 3.8) is 0 Å². The molecule has 4 rings (SSSR count). The zero-order chi connectivity index (χ0) is 23.9. The molecule has 0 aliphatic heterocycles. The molecule has 0 amide bonds. The van der Waals surface area contributed by atoms with Gasteiger partial charge in [-0.25, -0.2) is 0 Å². The van der Waals surface area contributed by atoms with E-state index in [4.69, 9.17) is 32.7 Å². The summed E-state index contributed by atoms with van der Waals surface area (Å²) in [6.07, 6.45) is 3.56. The number of nitrogens with zero attached hydrogens (tertiary/aromatic N) is 2. The van der Waals surface area contributed by atoms with E-state index in [0.717, 1.165) is 39.4 Å². The highest BCUT2D eigenvalue weighted by Crippen LogP contribution is 2.40. The first-order chi connectivity index (χ1) is 16.6. The molecule has 0 heterocycles. The summed E-state index contributed by atoms with van der Waals surface area (Å²) < 4.78 is 10.4. The van der Waals surface area contributed by atoms with E-state index in [9.17, 15) is 0 Å². The second kappa shape index (κ2) is 12.2. The van der Waals surface area contributed by atoms with E-state index in [1.165, 1.54) is 0 Å². The minimum absolute atomic E-state index is 0. The monoisotopic (exact) mass is 508 g/mol. The van der Waals surface area contributed by atoms with Gasteiger partial charge >= 0.3 is 0 Å². The molecule has 0 unspecified atom stereocenters. The molecule has 0 atom stereocenters. The highest BCUT2D eigenvalue weighted by atomic mass is 35.5. The quantitative estimate of drug-likeness (QED) is 0.235. The van der Waals surface area contributed by atoms with E-state index in [-0.39, 0.29) is 4.70 Å². The van der Waals surface area contributed by atoms with Crippen LogP contribution >= 0.6 is 23.2 Å². The molecule has 4 aromatic rings. The van der Waals surface area contributed by atoms with E-state index in [2.05, 4.69) is 9.98 Å². The van der Waals surface area contributed by atoms with Crippen molar-refractivity contribution >= 4 is 47.0 Å². The average Bonchev–Trinajstić information content (AvgIpc) is 2.89. The van der Waals surface area contributed by atoms with Crippen LogP contribution in [0.2, 0.25) is 10.0 Å². The molecule has 4 nitrogen and oxygen atoms in total. The van der Waals surface area contributed by atoms with Crippen molar-refractivity contribution < 1.29 is 14.2 Å². The van der Waals surface area contributed by atoms with Crippen molar-refractivity contribution in [2.45, 2.75) is 0 Å². The molecule has 0 aliphatic rings. The molecule has 0 fully saturated rings. The highest BCUT2D eigenvalue weighted by Gasteiger charge is 2.11. The fraction of sp³-hybridized carbons (Fsp3) is 0.0714. The number of benzene rings is 4. The third-order valence-corrected chi connectivity index (χ3v) is 6.06. The van der Waals surface area contributed by atoms with Gasteiger partial charge in [0, 0.05) is 18.0 Å². The van der Waals surface area contributed by atoms with Gasteiger partial charge in [-0.3, -0.25) is 14.7 Å². The van der Waals surface area contributed by atoms with Crippen LogP contribution in [-0.4, -0.2) is 26.6 Å². The number of aliphatic imine (C=N–C) groups is 2. The lowest BCUT2D eigenvalue weighted by atomic mass is 10.0. The third-order valence-electron chi connectivity index (χ3n) is 5.19. The maximum absolute atomic E-state index is 6.60. The molecule has 0 saturated carbocycles. The smallest absolute Gasteiger partial charge is 0.118 e. The first kappa shape index (κ1) is 25.9. The summed E-state index contributed by atoms with van der Waals surface area (Å²) in [5.74, 6) is 1.61. The van der Waals surface area contributed by atoms with Crippen LogP contribution in [0.5, 0.6) is 11.5 Å². The van der Waals surface area contributed by atoms with Crippen LogP contribution in [0.25, 0.3) is 11.1 Å². The SMILES string of the molecule is COc1ccc(C=Nc2ccc(-c3ccc(N=Cc4ccc(OC)cc4)c(Cl)c3Cl)cc2)cc1.F. The van der Waals surface area contributed by atoms with E-state index >= 15 is 0 Å². The van der Waals surface area contributed by atoms with Gasteiger partial charge in [0.2, 0.25) is 0 Å². The first-order valence-corrected chi connectivity index (χ1v) is 11.3. The molecule has 0 spiro atoms. The summed E-state index contributed by atoms with van der Waals surface area (Å²) in [6.45, 7) is 0. The van der Waals surface area contributed by atoms with Crippen molar-refractivity contribution in [2.75, 3.05) is 14.2 Å². The Labute approximate surface area is 213 Å². The van der Waals surface area contributed by atoms with Crippen molar-refractivity contribution in [1.29, 1.82) is 0 Å². The molecule has 0 aromatic heterocycles. The summed E-state index contributed by atoms with van der Waals surface area (Å²) in [6, 6.07) is 26.9. The Balaban J connectivity index is 0.00000342. The van der Waals surface area contributed by atoms with Crippen molar-refractivity contribution in [2.24, 2.45) is 9.98 Å². The fourth-order valence-corrected chi connectivity index (χ4v) is 3.74. The number of methoxy groups -OCH3 is 2. The topological polar surface area (TPSA) is 43.2 Å². The van der Waals surface area contributed by atoms with E-state index < -0.39 is 0 Å². The Hall–Kier alpha value is -3.67. The molecule has 178 valence electrons. The third kappa shape index (κ3) is 6.47. The zero-order valence-electron chi connectivity index (χ0n) is 19.1. The van der Waals surface area contributed by atoms with Gasteiger partial charge in [0.1, 0.15) is 11.5 Å². The Kier molecular flexibility index (Phi) is 9.01. The fourth-order valence-electron chi connectivity index (χ4n) is 3.26. The predicted octanol–water partition coefficient (Wildman–Crippen LogP) is 8.33. The number of hydrogen-bond donors (Lipinski definition) is 0. The van der Waals surface area contributed by atoms with Gasteiger partial charge < -0.3 is 9.47 Å². The molecule has 4 aromatic carbocycles. The van der Waals surface area contributed by atoms with Gasteiger partial charge in [0.15, 0.2) is 0 Å². The zero-order valence-corrected chi connectivity index (χ0v) is 20.6. The molecule has 0 radical (unpaired) electrons. The number of ether oxygens (including phenoxy) is 2. The molecular weight excluding hydrogens is 486 g/mol. The minimum Gasteiger partial charge on any atom is -0.497 e. The average molecular weight is 509 g/mol. The van der Waals surface area contributed by atoms with Gasteiger partial charge in [0.25, 0.3) is 0 Å². The lowest BCUT2D eigenvalue weighted by molar-refractivity contribution is 0.414. The van der Waals surface area contributed by atoms with Crippen molar-refractivity contribution in [3.05, 3.63) is 106 Å². The molecular formula is C28H23Cl2FN2O2. The number of rotatable bonds is 7. The molecule has 35 heavy (non-hydrogen) atoms. The first-order valence-electron chi connectivity index (χ1n) is 10.5.